The van der Waals surface area contributed by atoms with Crippen LogP contribution in [0.2, 0.25) is 0 Å². The first-order valence-corrected chi connectivity index (χ1v) is 8.32. The number of imidazole rings is 1. The van der Waals surface area contributed by atoms with E-state index in [9.17, 15) is 4.79 Å². The highest BCUT2D eigenvalue weighted by Gasteiger charge is 2.27. The van der Waals surface area contributed by atoms with E-state index in [1.54, 1.807) is 11.8 Å². The van der Waals surface area contributed by atoms with Gasteiger partial charge in [0.05, 0.1) is 5.69 Å². The number of likely N-dealkylation sites (tertiary alicyclic amines) is 1. The number of methoxy groups -OCH3 is 1. The van der Waals surface area contributed by atoms with E-state index >= 15 is 0 Å². The fraction of sp³-hybridized carbons (Fsp3) is 0.588. The zero-order valence-electron chi connectivity index (χ0n) is 14.8. The van der Waals surface area contributed by atoms with E-state index in [0.29, 0.717) is 18.3 Å². The van der Waals surface area contributed by atoms with Crippen LogP contribution >= 0.6 is 0 Å². The van der Waals surface area contributed by atoms with Crippen LogP contribution in [-0.2, 0) is 18.4 Å². The standard InChI is InChI=1S/C17H25N5O2/c1-12-9-15(20(3)19-12)17(23)21-7-5-14(6-8-21)22-13(2)10-18-16(22)11-24-4/h9-10,14H,5-8,11H2,1-4H3. The van der Waals surface area contributed by atoms with Crippen LogP contribution in [0, 0.1) is 13.8 Å². The summed E-state index contributed by atoms with van der Waals surface area (Å²) < 4.78 is 9.18. The van der Waals surface area contributed by atoms with E-state index in [2.05, 4.69) is 21.6 Å². The highest BCUT2D eigenvalue weighted by atomic mass is 16.5. The predicted molar refractivity (Wildman–Crippen MR) is 89.8 cm³/mol. The molecule has 0 aliphatic carbocycles. The molecule has 0 saturated carbocycles. The number of aryl methyl sites for hydroxylation is 3. The highest BCUT2D eigenvalue weighted by molar-refractivity contribution is 5.92. The smallest absolute Gasteiger partial charge is 0.272 e. The topological polar surface area (TPSA) is 65.2 Å². The third kappa shape index (κ3) is 3.08. The van der Waals surface area contributed by atoms with Gasteiger partial charge in [-0.2, -0.15) is 5.10 Å². The van der Waals surface area contributed by atoms with Gasteiger partial charge in [-0.1, -0.05) is 0 Å². The fourth-order valence-corrected chi connectivity index (χ4v) is 3.53. The number of piperidine rings is 1. The first-order valence-electron chi connectivity index (χ1n) is 8.32. The largest absolute Gasteiger partial charge is 0.377 e. The lowest BCUT2D eigenvalue weighted by Crippen LogP contribution is -2.40. The van der Waals surface area contributed by atoms with E-state index in [-0.39, 0.29) is 5.91 Å². The normalized spacial score (nSPS) is 15.9. The van der Waals surface area contributed by atoms with Gasteiger partial charge in [0.25, 0.3) is 5.91 Å². The minimum atomic E-state index is 0.0658. The molecule has 3 rings (SSSR count). The molecule has 1 saturated heterocycles. The summed E-state index contributed by atoms with van der Waals surface area (Å²) in [5.41, 5.74) is 2.67. The number of hydrogen-bond donors (Lipinski definition) is 0. The van der Waals surface area contributed by atoms with Gasteiger partial charge in [0.1, 0.15) is 18.1 Å². The van der Waals surface area contributed by atoms with Crippen LogP contribution in [0.1, 0.15) is 46.6 Å². The van der Waals surface area contributed by atoms with Gasteiger partial charge in [-0.05, 0) is 32.8 Å². The quantitative estimate of drug-likeness (QED) is 0.858. The van der Waals surface area contributed by atoms with Gasteiger partial charge >= 0.3 is 0 Å². The van der Waals surface area contributed by atoms with Crippen LogP contribution < -0.4 is 0 Å². The third-order valence-electron chi connectivity index (χ3n) is 4.67. The molecular weight excluding hydrogens is 306 g/mol. The first kappa shape index (κ1) is 16.7. The molecule has 2 aromatic rings. The number of nitrogens with zero attached hydrogens (tertiary/aromatic N) is 5. The fourth-order valence-electron chi connectivity index (χ4n) is 3.53. The second-order valence-electron chi connectivity index (χ2n) is 6.44. The van der Waals surface area contributed by atoms with Crippen molar-refractivity contribution in [2.75, 3.05) is 20.2 Å². The van der Waals surface area contributed by atoms with Gasteiger partial charge in [0.2, 0.25) is 0 Å². The minimum absolute atomic E-state index is 0.0658. The molecule has 1 aliphatic heterocycles. The van der Waals surface area contributed by atoms with Crippen LogP contribution in [0.15, 0.2) is 12.3 Å². The van der Waals surface area contributed by atoms with Crippen LogP contribution in [0.5, 0.6) is 0 Å². The van der Waals surface area contributed by atoms with Crippen molar-refractivity contribution in [3.8, 4) is 0 Å². The zero-order chi connectivity index (χ0) is 17.3. The summed E-state index contributed by atoms with van der Waals surface area (Å²) in [5.74, 6) is 1.03. The SMILES string of the molecule is COCc1ncc(C)n1C1CCN(C(=O)c2cc(C)nn2C)CC1. The minimum Gasteiger partial charge on any atom is -0.377 e. The van der Waals surface area contributed by atoms with E-state index in [4.69, 9.17) is 4.74 Å². The Bertz CT molecular complexity index is 725. The van der Waals surface area contributed by atoms with Crippen molar-refractivity contribution in [2.45, 2.75) is 39.3 Å². The number of rotatable bonds is 4. The summed E-state index contributed by atoms with van der Waals surface area (Å²) in [4.78, 5) is 19.1. The number of carbonyl (C=O) groups is 1. The zero-order valence-corrected chi connectivity index (χ0v) is 14.8. The van der Waals surface area contributed by atoms with E-state index < -0.39 is 0 Å². The maximum Gasteiger partial charge on any atom is 0.272 e. The number of ether oxygens (including phenoxy) is 1. The lowest BCUT2D eigenvalue weighted by Gasteiger charge is -2.33. The Hall–Kier alpha value is -2.15. The summed E-state index contributed by atoms with van der Waals surface area (Å²) >= 11 is 0. The van der Waals surface area contributed by atoms with Gasteiger partial charge in [-0.25, -0.2) is 4.98 Å². The number of amides is 1. The molecule has 0 radical (unpaired) electrons. The number of carbonyl (C=O) groups excluding carboxylic acids is 1. The molecule has 1 amide bonds. The molecule has 0 spiro atoms. The molecule has 3 heterocycles. The molecule has 2 aromatic heterocycles. The lowest BCUT2D eigenvalue weighted by atomic mass is 10.0. The Balaban J connectivity index is 1.69. The molecule has 1 aliphatic rings. The van der Waals surface area contributed by atoms with Crippen LogP contribution in [-0.4, -0.2) is 50.3 Å². The molecule has 7 nitrogen and oxygen atoms in total. The molecule has 0 bridgehead atoms. The Morgan fingerprint density at radius 1 is 1.33 bits per heavy atom. The van der Waals surface area contributed by atoms with Crippen molar-refractivity contribution in [1.82, 2.24) is 24.2 Å². The summed E-state index contributed by atoms with van der Waals surface area (Å²) in [6, 6.07) is 2.22. The van der Waals surface area contributed by atoms with Crippen molar-refractivity contribution < 1.29 is 9.53 Å². The number of aromatic nitrogens is 4. The molecule has 0 unspecified atom stereocenters. The van der Waals surface area contributed by atoms with E-state index in [0.717, 1.165) is 43.1 Å². The van der Waals surface area contributed by atoms with Crippen molar-refractivity contribution in [3.05, 3.63) is 35.2 Å². The van der Waals surface area contributed by atoms with Crippen molar-refractivity contribution in [2.24, 2.45) is 7.05 Å². The van der Waals surface area contributed by atoms with Gasteiger partial charge < -0.3 is 14.2 Å². The van der Waals surface area contributed by atoms with Gasteiger partial charge in [0.15, 0.2) is 0 Å². The van der Waals surface area contributed by atoms with Crippen molar-refractivity contribution in [1.29, 1.82) is 0 Å². The number of hydrogen-bond acceptors (Lipinski definition) is 4. The molecular formula is C17H25N5O2. The summed E-state index contributed by atoms with van der Waals surface area (Å²) in [7, 11) is 3.50. The maximum atomic E-state index is 12.7. The van der Waals surface area contributed by atoms with Gasteiger partial charge in [-0.3, -0.25) is 9.48 Å². The Morgan fingerprint density at radius 2 is 2.04 bits per heavy atom. The molecule has 7 heteroatoms. The Kier molecular flexibility index (Phi) is 4.71. The third-order valence-corrected chi connectivity index (χ3v) is 4.67. The molecule has 130 valence electrons. The molecule has 0 atom stereocenters. The molecule has 24 heavy (non-hydrogen) atoms. The van der Waals surface area contributed by atoms with Crippen molar-refractivity contribution >= 4 is 5.91 Å². The molecule has 0 aromatic carbocycles. The van der Waals surface area contributed by atoms with Crippen LogP contribution in [0.4, 0.5) is 0 Å². The van der Waals surface area contributed by atoms with Gasteiger partial charge in [-0.15, -0.1) is 0 Å². The Morgan fingerprint density at radius 3 is 2.62 bits per heavy atom. The first-order chi connectivity index (χ1) is 11.5. The van der Waals surface area contributed by atoms with E-state index in [1.165, 1.54) is 0 Å². The summed E-state index contributed by atoms with van der Waals surface area (Å²) in [6.07, 6.45) is 3.75. The monoisotopic (exact) mass is 331 g/mol. The van der Waals surface area contributed by atoms with Crippen LogP contribution in [0.25, 0.3) is 0 Å². The average molecular weight is 331 g/mol. The highest BCUT2D eigenvalue weighted by Crippen LogP contribution is 2.26. The Labute approximate surface area is 142 Å². The average Bonchev–Trinajstić information content (AvgIpc) is 3.09. The summed E-state index contributed by atoms with van der Waals surface area (Å²) in [5, 5.41) is 4.27. The lowest BCUT2D eigenvalue weighted by molar-refractivity contribution is 0.0678. The van der Waals surface area contributed by atoms with Crippen LogP contribution in [0.3, 0.4) is 0 Å². The van der Waals surface area contributed by atoms with Crippen molar-refractivity contribution in [3.63, 3.8) is 0 Å². The second kappa shape index (κ2) is 6.76. The molecule has 1 fully saturated rings. The molecule has 0 N–H and O–H groups in total. The summed E-state index contributed by atoms with van der Waals surface area (Å²) in [6.45, 7) is 5.99. The second-order valence-corrected chi connectivity index (χ2v) is 6.44. The van der Waals surface area contributed by atoms with E-state index in [1.807, 2.05) is 31.1 Å². The predicted octanol–water partition coefficient (Wildman–Crippen LogP) is 1.86. The maximum absolute atomic E-state index is 12.7. The van der Waals surface area contributed by atoms with Gasteiger partial charge in [0, 0.05) is 45.2 Å².